The van der Waals surface area contributed by atoms with Crippen LogP contribution >= 0.6 is 0 Å². The van der Waals surface area contributed by atoms with Crippen LogP contribution in [0.4, 0.5) is 0 Å². The fraction of sp³-hybridized carbons (Fsp3) is 1.00. The molecule has 0 fully saturated rings. The fourth-order valence-electron chi connectivity index (χ4n) is 2.83. The minimum Gasteiger partial charge on any atom is -0.316 e. The van der Waals surface area contributed by atoms with Crippen LogP contribution in [0.1, 0.15) is 73.6 Å². The molecule has 1 N–H and O–H groups in total. The molecule has 2 heteroatoms. The Labute approximate surface area is 122 Å². The first-order valence-corrected chi connectivity index (χ1v) is 8.43. The summed E-state index contributed by atoms with van der Waals surface area (Å²) in [6.45, 7) is 18.6. The largest absolute Gasteiger partial charge is 0.316 e. The van der Waals surface area contributed by atoms with Crippen LogP contribution in [0.25, 0.3) is 0 Å². The molecule has 0 amide bonds. The fourth-order valence-corrected chi connectivity index (χ4v) is 2.83. The third kappa shape index (κ3) is 8.65. The maximum Gasteiger partial charge on any atom is 0.00502 e. The molecule has 116 valence electrons. The van der Waals surface area contributed by atoms with E-state index in [0.29, 0.717) is 11.5 Å². The van der Waals surface area contributed by atoms with Crippen molar-refractivity contribution in [1.82, 2.24) is 10.2 Å². The third-order valence-corrected chi connectivity index (χ3v) is 4.02. The van der Waals surface area contributed by atoms with Crippen LogP contribution in [-0.2, 0) is 0 Å². The molecule has 1 unspecified atom stereocenters. The number of nitrogens with zero attached hydrogens (tertiary/aromatic N) is 1. The molecule has 0 saturated carbocycles. The highest BCUT2D eigenvalue weighted by atomic mass is 15.2. The Hall–Kier alpha value is -0.0800. The van der Waals surface area contributed by atoms with Crippen molar-refractivity contribution in [2.24, 2.45) is 5.41 Å². The average molecular weight is 271 g/mol. The number of nitrogens with one attached hydrogen (secondary N) is 1. The molecule has 19 heavy (non-hydrogen) atoms. The van der Waals surface area contributed by atoms with Gasteiger partial charge in [0.05, 0.1) is 0 Å². The van der Waals surface area contributed by atoms with E-state index in [1.807, 2.05) is 0 Å². The van der Waals surface area contributed by atoms with E-state index in [2.05, 4.69) is 51.8 Å². The minimum absolute atomic E-state index is 0.418. The molecule has 0 bridgehead atoms. The lowest BCUT2D eigenvalue weighted by Crippen LogP contribution is -2.45. The van der Waals surface area contributed by atoms with Crippen molar-refractivity contribution < 1.29 is 0 Å². The van der Waals surface area contributed by atoms with Gasteiger partial charge in [0, 0.05) is 19.1 Å². The van der Waals surface area contributed by atoms with Gasteiger partial charge >= 0.3 is 0 Å². The molecule has 0 rings (SSSR count). The Morgan fingerprint density at radius 2 is 1.74 bits per heavy atom. The van der Waals surface area contributed by atoms with Gasteiger partial charge in [-0.3, -0.25) is 0 Å². The smallest absolute Gasteiger partial charge is 0.00502 e. The van der Waals surface area contributed by atoms with Gasteiger partial charge < -0.3 is 10.2 Å². The Morgan fingerprint density at radius 1 is 1.05 bits per heavy atom. The first kappa shape index (κ1) is 18.9. The Morgan fingerprint density at radius 3 is 2.21 bits per heavy atom. The maximum absolute atomic E-state index is 3.56. The normalized spacial score (nSPS) is 15.2. The minimum atomic E-state index is 0.418. The molecule has 2 nitrogen and oxygen atoms in total. The summed E-state index contributed by atoms with van der Waals surface area (Å²) in [6.07, 6.45) is 6.62. The predicted octanol–water partition coefficient (Wildman–Crippen LogP) is 4.30. The topological polar surface area (TPSA) is 15.3 Å². The van der Waals surface area contributed by atoms with E-state index in [9.17, 15) is 0 Å². The number of hydrogen-bond acceptors (Lipinski definition) is 2. The Kier molecular flexibility index (Phi) is 10.6. The highest BCUT2D eigenvalue weighted by Crippen LogP contribution is 2.25. The van der Waals surface area contributed by atoms with Crippen molar-refractivity contribution in [2.75, 3.05) is 26.2 Å². The van der Waals surface area contributed by atoms with E-state index in [-0.39, 0.29) is 0 Å². The second-order valence-corrected chi connectivity index (χ2v) is 6.61. The summed E-state index contributed by atoms with van der Waals surface area (Å²) < 4.78 is 0. The van der Waals surface area contributed by atoms with Crippen molar-refractivity contribution in [3.8, 4) is 0 Å². The molecule has 0 radical (unpaired) electrons. The summed E-state index contributed by atoms with van der Waals surface area (Å²) in [5.41, 5.74) is 0.418. The van der Waals surface area contributed by atoms with Gasteiger partial charge in [-0.2, -0.15) is 0 Å². The highest BCUT2D eigenvalue weighted by molar-refractivity contribution is 4.81. The van der Waals surface area contributed by atoms with E-state index in [0.717, 1.165) is 13.1 Å². The monoisotopic (exact) mass is 270 g/mol. The molecular formula is C17H38N2. The summed E-state index contributed by atoms with van der Waals surface area (Å²) in [6, 6.07) is 0.662. The van der Waals surface area contributed by atoms with Gasteiger partial charge in [0.2, 0.25) is 0 Å². The summed E-state index contributed by atoms with van der Waals surface area (Å²) in [5, 5.41) is 3.56. The van der Waals surface area contributed by atoms with Crippen molar-refractivity contribution in [2.45, 2.75) is 79.7 Å². The van der Waals surface area contributed by atoms with E-state index < -0.39 is 0 Å². The summed E-state index contributed by atoms with van der Waals surface area (Å²) in [5.74, 6) is 0. The lowest BCUT2D eigenvalue weighted by Gasteiger charge is -2.38. The molecule has 0 aromatic carbocycles. The second-order valence-electron chi connectivity index (χ2n) is 6.61. The van der Waals surface area contributed by atoms with Crippen molar-refractivity contribution >= 4 is 0 Å². The molecule has 0 aromatic rings. The van der Waals surface area contributed by atoms with Gasteiger partial charge in [-0.1, -0.05) is 47.0 Å². The molecule has 0 saturated heterocycles. The third-order valence-electron chi connectivity index (χ3n) is 4.02. The lowest BCUT2D eigenvalue weighted by molar-refractivity contribution is 0.121. The van der Waals surface area contributed by atoms with Crippen LogP contribution in [0.15, 0.2) is 0 Å². The molecule has 1 atom stereocenters. The maximum atomic E-state index is 3.56. The van der Waals surface area contributed by atoms with E-state index >= 15 is 0 Å². The van der Waals surface area contributed by atoms with Gasteiger partial charge in [0.1, 0.15) is 0 Å². The zero-order chi connectivity index (χ0) is 14.7. The standard InChI is InChI=1S/C17H38N2/c1-7-10-11-13-19(16(4)5)15-17(6,12-8-2)14-18-9-3/h16,18H,7-15H2,1-6H3. The first-order valence-electron chi connectivity index (χ1n) is 8.43. The van der Waals surface area contributed by atoms with E-state index in [1.54, 1.807) is 0 Å². The van der Waals surface area contributed by atoms with Crippen LogP contribution in [0.3, 0.4) is 0 Å². The number of hydrogen-bond donors (Lipinski definition) is 1. The molecule has 0 aromatic heterocycles. The summed E-state index contributed by atoms with van der Waals surface area (Å²) >= 11 is 0. The predicted molar refractivity (Wildman–Crippen MR) is 87.8 cm³/mol. The Bertz CT molecular complexity index is 203. The molecule has 0 aliphatic rings. The molecule has 0 aliphatic heterocycles. The van der Waals surface area contributed by atoms with E-state index in [4.69, 9.17) is 0 Å². The van der Waals surface area contributed by atoms with Gasteiger partial charge in [-0.15, -0.1) is 0 Å². The van der Waals surface area contributed by atoms with Crippen LogP contribution in [0, 0.1) is 5.41 Å². The van der Waals surface area contributed by atoms with Crippen LogP contribution in [0.2, 0.25) is 0 Å². The quantitative estimate of drug-likeness (QED) is 0.532. The van der Waals surface area contributed by atoms with Crippen molar-refractivity contribution in [3.05, 3.63) is 0 Å². The SMILES string of the molecule is CCCCCN(CC(C)(CCC)CNCC)C(C)C. The second kappa shape index (κ2) is 10.7. The first-order chi connectivity index (χ1) is 8.99. The van der Waals surface area contributed by atoms with Crippen molar-refractivity contribution in [3.63, 3.8) is 0 Å². The van der Waals surface area contributed by atoms with Gasteiger partial charge in [0.15, 0.2) is 0 Å². The zero-order valence-corrected chi connectivity index (χ0v) is 14.4. The zero-order valence-electron chi connectivity index (χ0n) is 14.4. The van der Waals surface area contributed by atoms with E-state index in [1.165, 1.54) is 45.2 Å². The highest BCUT2D eigenvalue weighted by Gasteiger charge is 2.26. The van der Waals surface area contributed by atoms with Gasteiger partial charge in [0.25, 0.3) is 0 Å². The molecular weight excluding hydrogens is 232 g/mol. The molecule has 0 aliphatic carbocycles. The summed E-state index contributed by atoms with van der Waals surface area (Å²) in [4.78, 5) is 2.68. The molecule has 0 heterocycles. The average Bonchev–Trinajstić information content (AvgIpc) is 2.36. The number of unbranched alkanes of at least 4 members (excludes halogenated alkanes) is 2. The summed E-state index contributed by atoms with van der Waals surface area (Å²) in [7, 11) is 0. The molecule has 0 spiro atoms. The van der Waals surface area contributed by atoms with Gasteiger partial charge in [-0.05, 0) is 45.2 Å². The number of rotatable bonds is 12. The van der Waals surface area contributed by atoms with Crippen LogP contribution < -0.4 is 5.32 Å². The van der Waals surface area contributed by atoms with Gasteiger partial charge in [-0.25, -0.2) is 0 Å². The van der Waals surface area contributed by atoms with Crippen LogP contribution in [-0.4, -0.2) is 37.1 Å². The van der Waals surface area contributed by atoms with Crippen molar-refractivity contribution in [1.29, 1.82) is 0 Å². The van der Waals surface area contributed by atoms with Crippen LogP contribution in [0.5, 0.6) is 0 Å². The lowest BCUT2D eigenvalue weighted by atomic mass is 9.84. The Balaban J connectivity index is 4.45.